The minimum atomic E-state index is -0.451. The molecule has 166 valence electrons. The maximum Gasteiger partial charge on any atom is 0.273 e. The van der Waals surface area contributed by atoms with Gasteiger partial charge in [0.15, 0.2) is 0 Å². The van der Waals surface area contributed by atoms with E-state index in [0.29, 0.717) is 23.6 Å². The molecule has 0 aliphatic carbocycles. The highest BCUT2D eigenvalue weighted by Gasteiger charge is 2.33. The van der Waals surface area contributed by atoms with Crippen molar-refractivity contribution >= 4 is 11.7 Å². The lowest BCUT2D eigenvalue weighted by Crippen LogP contribution is -2.31. The zero-order valence-corrected chi connectivity index (χ0v) is 18.4. The van der Waals surface area contributed by atoms with Crippen molar-refractivity contribution < 1.29 is 4.39 Å². The Hall–Kier alpha value is -4.57. The summed E-state index contributed by atoms with van der Waals surface area (Å²) in [4.78, 5) is 17.9. The van der Waals surface area contributed by atoms with Crippen molar-refractivity contribution in [2.45, 2.75) is 12.5 Å². The lowest BCUT2D eigenvalue weighted by Gasteiger charge is -2.25. The summed E-state index contributed by atoms with van der Waals surface area (Å²) in [6, 6.07) is 26.9. The molecular formula is C27H20FN5O. The lowest BCUT2D eigenvalue weighted by atomic mass is 9.98. The Morgan fingerprint density at radius 3 is 2.18 bits per heavy atom. The second-order valence-electron chi connectivity index (χ2n) is 8.01. The van der Waals surface area contributed by atoms with Gasteiger partial charge in [-0.25, -0.2) is 14.4 Å². The molecule has 34 heavy (non-hydrogen) atoms. The molecule has 0 fully saturated rings. The van der Waals surface area contributed by atoms with Gasteiger partial charge in [-0.1, -0.05) is 72.8 Å². The van der Waals surface area contributed by atoms with E-state index >= 15 is 0 Å². The van der Waals surface area contributed by atoms with Gasteiger partial charge in [0.25, 0.3) is 5.56 Å². The van der Waals surface area contributed by atoms with E-state index in [2.05, 4.69) is 0 Å². The average Bonchev–Trinajstić information content (AvgIpc) is 3.32. The van der Waals surface area contributed by atoms with Crippen molar-refractivity contribution in [2.24, 2.45) is 12.1 Å². The van der Waals surface area contributed by atoms with Gasteiger partial charge in [0.2, 0.25) is 5.95 Å². The molecule has 1 aromatic heterocycles. The van der Waals surface area contributed by atoms with Gasteiger partial charge in [-0.2, -0.15) is 10.4 Å². The number of benzene rings is 3. The number of nitrogens with zero attached hydrogens (tertiary/aromatic N) is 5. The third kappa shape index (κ3) is 3.76. The second-order valence-corrected chi connectivity index (χ2v) is 8.01. The van der Waals surface area contributed by atoms with Gasteiger partial charge in [-0.3, -0.25) is 9.36 Å². The van der Waals surface area contributed by atoms with Crippen LogP contribution in [-0.4, -0.2) is 15.3 Å². The number of nitriles is 1. The molecule has 0 radical (unpaired) electrons. The fraction of sp³-hybridized carbons (Fsp3) is 0.111. The zero-order chi connectivity index (χ0) is 23.7. The normalized spacial score (nSPS) is 15.1. The molecule has 1 unspecified atom stereocenters. The fourth-order valence-electron chi connectivity index (χ4n) is 4.15. The van der Waals surface area contributed by atoms with Crippen LogP contribution in [0.1, 0.15) is 29.2 Å². The molecule has 0 bridgehead atoms. The van der Waals surface area contributed by atoms with Crippen molar-refractivity contribution in [3.05, 3.63) is 118 Å². The Balaban J connectivity index is 1.71. The van der Waals surface area contributed by atoms with E-state index in [4.69, 9.17) is 10.1 Å². The van der Waals surface area contributed by atoms with Crippen LogP contribution in [0.15, 0.2) is 94.8 Å². The molecule has 0 spiro atoms. The molecule has 5 rings (SSSR count). The van der Waals surface area contributed by atoms with E-state index in [-0.39, 0.29) is 17.4 Å². The Morgan fingerprint density at radius 1 is 0.941 bits per heavy atom. The third-order valence-corrected chi connectivity index (χ3v) is 5.90. The smallest absolute Gasteiger partial charge is 0.273 e. The summed E-state index contributed by atoms with van der Waals surface area (Å²) in [7, 11) is 1.58. The predicted octanol–water partition coefficient (Wildman–Crippen LogP) is 4.81. The van der Waals surface area contributed by atoms with Crippen molar-refractivity contribution in [1.82, 2.24) is 9.55 Å². The molecule has 4 aromatic rings. The zero-order valence-electron chi connectivity index (χ0n) is 18.4. The van der Waals surface area contributed by atoms with E-state index in [1.165, 1.54) is 16.7 Å². The molecule has 1 atom stereocenters. The van der Waals surface area contributed by atoms with Gasteiger partial charge in [0.05, 0.1) is 17.4 Å². The number of halogens is 1. The fourth-order valence-corrected chi connectivity index (χ4v) is 4.15. The van der Waals surface area contributed by atoms with Crippen LogP contribution in [0.2, 0.25) is 0 Å². The number of hydrogen-bond acceptors (Lipinski definition) is 5. The minimum Gasteiger partial charge on any atom is -0.279 e. The highest BCUT2D eigenvalue weighted by molar-refractivity contribution is 6.03. The van der Waals surface area contributed by atoms with Gasteiger partial charge in [-0.05, 0) is 23.3 Å². The lowest BCUT2D eigenvalue weighted by molar-refractivity contribution is 0.620. The largest absolute Gasteiger partial charge is 0.279 e. The number of anilines is 1. The van der Waals surface area contributed by atoms with Gasteiger partial charge in [-0.15, -0.1) is 0 Å². The van der Waals surface area contributed by atoms with Gasteiger partial charge in [0, 0.05) is 19.0 Å². The highest BCUT2D eigenvalue weighted by atomic mass is 19.1. The average molecular weight is 449 g/mol. The molecule has 0 N–H and O–H groups in total. The van der Waals surface area contributed by atoms with E-state index in [0.717, 1.165) is 16.8 Å². The van der Waals surface area contributed by atoms with E-state index < -0.39 is 5.56 Å². The number of rotatable bonds is 4. The summed E-state index contributed by atoms with van der Waals surface area (Å²) in [5, 5.41) is 16.3. The van der Waals surface area contributed by atoms with Crippen LogP contribution >= 0.6 is 0 Å². The SMILES string of the molecule is Cn1c(N2N=C(c3ccccc3)CC2c2ccc(F)cc2)nc(-c2ccccc2)c(C#N)c1=O. The second kappa shape index (κ2) is 8.75. The molecule has 6 nitrogen and oxygen atoms in total. The van der Waals surface area contributed by atoms with Crippen LogP contribution in [0.25, 0.3) is 11.3 Å². The topological polar surface area (TPSA) is 74.3 Å². The van der Waals surface area contributed by atoms with Crippen LogP contribution in [-0.2, 0) is 7.05 Å². The van der Waals surface area contributed by atoms with E-state index in [9.17, 15) is 14.4 Å². The van der Waals surface area contributed by atoms with Crippen LogP contribution in [0.4, 0.5) is 10.3 Å². The molecule has 1 aliphatic rings. The molecular weight excluding hydrogens is 429 g/mol. The summed E-state index contributed by atoms with van der Waals surface area (Å²) < 4.78 is 15.0. The van der Waals surface area contributed by atoms with Crippen molar-refractivity contribution in [3.63, 3.8) is 0 Å². The number of aromatic nitrogens is 2. The first kappa shape index (κ1) is 21.3. The molecule has 3 aromatic carbocycles. The van der Waals surface area contributed by atoms with Gasteiger partial charge >= 0.3 is 0 Å². The summed E-state index contributed by atoms with van der Waals surface area (Å²) in [6.07, 6.45) is 0.548. The standard InChI is InChI=1S/C27H20FN5O/c1-32-26(34)22(17-29)25(20-10-6-3-7-11-20)30-27(32)33-24(19-12-14-21(28)15-13-19)16-23(31-33)18-8-4-2-5-9-18/h2-15,24H,16H2,1H3. The maximum atomic E-state index is 13.6. The first-order valence-corrected chi connectivity index (χ1v) is 10.8. The highest BCUT2D eigenvalue weighted by Crippen LogP contribution is 2.36. The molecule has 0 saturated carbocycles. The minimum absolute atomic E-state index is 0.0257. The summed E-state index contributed by atoms with van der Waals surface area (Å²) >= 11 is 0. The van der Waals surface area contributed by atoms with Crippen molar-refractivity contribution in [3.8, 4) is 17.3 Å². The Morgan fingerprint density at radius 2 is 1.56 bits per heavy atom. The van der Waals surface area contributed by atoms with Crippen molar-refractivity contribution in [1.29, 1.82) is 5.26 Å². The van der Waals surface area contributed by atoms with Crippen LogP contribution in [0, 0.1) is 17.1 Å². The van der Waals surface area contributed by atoms with Gasteiger partial charge in [0.1, 0.15) is 17.4 Å². The summed E-state index contributed by atoms with van der Waals surface area (Å²) in [6.45, 7) is 0. The first-order chi connectivity index (χ1) is 16.6. The van der Waals surface area contributed by atoms with Crippen LogP contribution in [0.5, 0.6) is 0 Å². The third-order valence-electron chi connectivity index (χ3n) is 5.90. The Bertz CT molecular complexity index is 1470. The van der Waals surface area contributed by atoms with E-state index in [1.54, 1.807) is 24.2 Å². The van der Waals surface area contributed by atoms with E-state index in [1.807, 2.05) is 66.7 Å². The van der Waals surface area contributed by atoms with Crippen LogP contribution < -0.4 is 10.6 Å². The molecule has 1 aliphatic heterocycles. The van der Waals surface area contributed by atoms with Crippen molar-refractivity contribution in [2.75, 3.05) is 5.01 Å². The summed E-state index contributed by atoms with van der Waals surface area (Å²) in [5.41, 5.74) is 3.13. The van der Waals surface area contributed by atoms with Gasteiger partial charge < -0.3 is 0 Å². The predicted molar refractivity (Wildman–Crippen MR) is 129 cm³/mol. The molecule has 0 saturated heterocycles. The maximum absolute atomic E-state index is 13.6. The quantitative estimate of drug-likeness (QED) is 0.448. The number of hydrogen-bond donors (Lipinski definition) is 0. The molecule has 7 heteroatoms. The monoisotopic (exact) mass is 449 g/mol. The Kier molecular flexibility index (Phi) is 5.48. The first-order valence-electron chi connectivity index (χ1n) is 10.8. The Labute approximate surface area is 195 Å². The summed E-state index contributed by atoms with van der Waals surface area (Å²) in [5.74, 6) is -0.0177. The molecule has 2 heterocycles. The number of hydrazone groups is 1. The molecule has 0 amide bonds. The van der Waals surface area contributed by atoms with Crippen LogP contribution in [0.3, 0.4) is 0 Å².